The number of nitrogens with one attached hydrogen (secondary N) is 2. The zero-order valence-electron chi connectivity index (χ0n) is 8.80. The van der Waals surface area contributed by atoms with Crippen LogP contribution < -0.4 is 10.6 Å². The summed E-state index contributed by atoms with van der Waals surface area (Å²) in [5.41, 5.74) is 0. The maximum absolute atomic E-state index is 11.5. The highest BCUT2D eigenvalue weighted by Crippen LogP contribution is 2.05. The number of Topliss-reactive ketones (excluding diaryl/α,β-unsaturated/α-hetero) is 1. The fraction of sp³-hybridized carbons (Fsp3) is 0.800. The summed E-state index contributed by atoms with van der Waals surface area (Å²) in [6.07, 6.45) is 2.98. The van der Waals surface area contributed by atoms with Gasteiger partial charge in [-0.25, -0.2) is 0 Å². The smallest absolute Gasteiger partial charge is 0.237 e. The first-order valence-electron chi connectivity index (χ1n) is 5.19. The van der Waals surface area contributed by atoms with Crippen LogP contribution in [0.5, 0.6) is 0 Å². The number of unbranched alkanes of at least 4 members (excludes halogenated alkanes) is 1. The summed E-state index contributed by atoms with van der Waals surface area (Å²) in [5.74, 6) is -0.0234. The average Bonchev–Trinajstić information content (AvgIpc) is 2.15. The Labute approximate surface area is 84.4 Å². The van der Waals surface area contributed by atoms with Gasteiger partial charge >= 0.3 is 0 Å². The van der Waals surface area contributed by atoms with E-state index in [-0.39, 0.29) is 23.8 Å². The van der Waals surface area contributed by atoms with Crippen LogP contribution in [0.15, 0.2) is 0 Å². The van der Waals surface area contributed by atoms with Gasteiger partial charge in [-0.2, -0.15) is 0 Å². The van der Waals surface area contributed by atoms with Gasteiger partial charge in [-0.3, -0.25) is 9.59 Å². The Hall–Kier alpha value is -0.900. The molecule has 4 nitrogen and oxygen atoms in total. The lowest BCUT2D eigenvalue weighted by atomic mass is 10.0. The van der Waals surface area contributed by atoms with Crippen molar-refractivity contribution in [3.05, 3.63) is 0 Å². The summed E-state index contributed by atoms with van der Waals surface area (Å²) in [5, 5.41) is 5.83. The van der Waals surface area contributed by atoms with Gasteiger partial charge in [0, 0.05) is 6.54 Å². The summed E-state index contributed by atoms with van der Waals surface area (Å²) >= 11 is 0. The molecule has 0 spiro atoms. The topological polar surface area (TPSA) is 58.2 Å². The van der Waals surface area contributed by atoms with Crippen molar-refractivity contribution < 1.29 is 9.59 Å². The Morgan fingerprint density at radius 2 is 2.29 bits per heavy atom. The van der Waals surface area contributed by atoms with E-state index in [4.69, 9.17) is 0 Å². The quantitative estimate of drug-likeness (QED) is 0.679. The largest absolute Gasteiger partial charge is 0.344 e. The number of carbonyl (C=O) groups is 2. The van der Waals surface area contributed by atoms with Gasteiger partial charge in [0.1, 0.15) is 0 Å². The molecule has 0 bridgehead atoms. The Morgan fingerprint density at radius 3 is 2.79 bits per heavy atom. The number of piperazine rings is 1. The van der Waals surface area contributed by atoms with Gasteiger partial charge in [0.25, 0.3) is 0 Å². The van der Waals surface area contributed by atoms with Crippen molar-refractivity contribution in [1.29, 1.82) is 0 Å². The number of amides is 1. The minimum absolute atomic E-state index is 0.0137. The van der Waals surface area contributed by atoms with E-state index in [2.05, 4.69) is 17.6 Å². The third kappa shape index (κ3) is 2.80. The zero-order chi connectivity index (χ0) is 10.6. The molecule has 1 aliphatic heterocycles. The molecule has 2 N–H and O–H groups in total. The van der Waals surface area contributed by atoms with Crippen LogP contribution in [0, 0.1) is 0 Å². The van der Waals surface area contributed by atoms with Crippen LogP contribution in [0.2, 0.25) is 0 Å². The molecule has 1 saturated heterocycles. The Balaban J connectivity index is 2.40. The average molecular weight is 198 g/mol. The zero-order valence-corrected chi connectivity index (χ0v) is 8.80. The lowest BCUT2D eigenvalue weighted by Gasteiger charge is -2.28. The van der Waals surface area contributed by atoms with Crippen molar-refractivity contribution in [3.8, 4) is 0 Å². The number of carbonyl (C=O) groups excluding carboxylic acids is 2. The van der Waals surface area contributed by atoms with Gasteiger partial charge < -0.3 is 10.6 Å². The standard InChI is InChI=1S/C10H18N2O2/c1-3-4-5-8-10(14)12-9(6-11-8)7(2)13/h8-9,11H,3-6H2,1-2H3,(H,12,14)/t8-,9+/m0/s1. The number of ketones is 1. The summed E-state index contributed by atoms with van der Waals surface area (Å²) in [4.78, 5) is 22.5. The molecule has 14 heavy (non-hydrogen) atoms. The molecule has 0 unspecified atom stereocenters. The van der Waals surface area contributed by atoms with Crippen LogP contribution in [0.25, 0.3) is 0 Å². The Kier molecular flexibility index (Phi) is 4.07. The minimum Gasteiger partial charge on any atom is -0.344 e. The predicted molar refractivity (Wildman–Crippen MR) is 53.9 cm³/mol. The van der Waals surface area contributed by atoms with Gasteiger partial charge in [-0.15, -0.1) is 0 Å². The number of hydrogen-bond donors (Lipinski definition) is 2. The molecule has 0 aromatic rings. The van der Waals surface area contributed by atoms with Crippen molar-refractivity contribution in [2.24, 2.45) is 0 Å². The van der Waals surface area contributed by atoms with Crippen LogP contribution in [0.3, 0.4) is 0 Å². The molecule has 0 aromatic heterocycles. The summed E-state index contributed by atoms with van der Waals surface area (Å²) < 4.78 is 0. The van der Waals surface area contributed by atoms with Gasteiger partial charge in [0.2, 0.25) is 5.91 Å². The molecule has 0 aromatic carbocycles. The fourth-order valence-corrected chi connectivity index (χ4v) is 1.56. The second-order valence-electron chi connectivity index (χ2n) is 3.77. The van der Waals surface area contributed by atoms with E-state index in [1.807, 2.05) is 0 Å². The highest BCUT2D eigenvalue weighted by molar-refractivity contribution is 5.91. The molecule has 0 radical (unpaired) electrons. The summed E-state index contributed by atoms with van der Waals surface area (Å²) in [6, 6.07) is -0.439. The second-order valence-corrected chi connectivity index (χ2v) is 3.77. The van der Waals surface area contributed by atoms with Gasteiger partial charge in [0.05, 0.1) is 12.1 Å². The molecule has 80 valence electrons. The van der Waals surface area contributed by atoms with E-state index in [9.17, 15) is 9.59 Å². The summed E-state index contributed by atoms with van der Waals surface area (Å²) in [6.45, 7) is 4.16. The van der Waals surface area contributed by atoms with E-state index in [0.717, 1.165) is 19.3 Å². The highest BCUT2D eigenvalue weighted by atomic mass is 16.2. The van der Waals surface area contributed by atoms with Gasteiger partial charge in [0.15, 0.2) is 5.78 Å². The predicted octanol–water partition coefficient (Wildman–Crippen LogP) is 0.222. The van der Waals surface area contributed by atoms with E-state index in [1.54, 1.807) is 0 Å². The van der Waals surface area contributed by atoms with Crippen molar-refractivity contribution in [2.75, 3.05) is 6.54 Å². The molecule has 0 saturated carbocycles. The SMILES string of the molecule is CCCC[C@@H]1NC[C@H](C(C)=O)NC1=O. The molecule has 4 heteroatoms. The highest BCUT2D eigenvalue weighted by Gasteiger charge is 2.28. The van der Waals surface area contributed by atoms with Crippen molar-refractivity contribution in [2.45, 2.75) is 45.2 Å². The molecule has 2 atom stereocenters. The third-order valence-electron chi connectivity index (χ3n) is 2.54. The van der Waals surface area contributed by atoms with Crippen LogP contribution in [-0.2, 0) is 9.59 Å². The van der Waals surface area contributed by atoms with E-state index >= 15 is 0 Å². The second kappa shape index (κ2) is 5.10. The van der Waals surface area contributed by atoms with Crippen molar-refractivity contribution in [3.63, 3.8) is 0 Å². The van der Waals surface area contributed by atoms with Crippen LogP contribution >= 0.6 is 0 Å². The maximum Gasteiger partial charge on any atom is 0.237 e. The Morgan fingerprint density at radius 1 is 1.57 bits per heavy atom. The van der Waals surface area contributed by atoms with Gasteiger partial charge in [-0.1, -0.05) is 19.8 Å². The minimum atomic E-state index is -0.333. The third-order valence-corrected chi connectivity index (χ3v) is 2.54. The molecule has 0 aliphatic carbocycles. The number of rotatable bonds is 4. The first-order chi connectivity index (χ1) is 6.65. The lowest BCUT2D eigenvalue weighted by Crippen LogP contribution is -2.60. The normalized spacial score (nSPS) is 27.1. The number of hydrogen-bond acceptors (Lipinski definition) is 3. The van der Waals surface area contributed by atoms with Crippen LogP contribution in [0.4, 0.5) is 0 Å². The maximum atomic E-state index is 11.5. The van der Waals surface area contributed by atoms with E-state index < -0.39 is 0 Å². The fourth-order valence-electron chi connectivity index (χ4n) is 1.56. The molecular weight excluding hydrogens is 180 g/mol. The van der Waals surface area contributed by atoms with Gasteiger partial charge in [-0.05, 0) is 13.3 Å². The monoisotopic (exact) mass is 198 g/mol. The van der Waals surface area contributed by atoms with Crippen molar-refractivity contribution >= 4 is 11.7 Å². The molecule has 1 heterocycles. The molecule has 1 fully saturated rings. The molecular formula is C10H18N2O2. The first-order valence-corrected chi connectivity index (χ1v) is 5.19. The van der Waals surface area contributed by atoms with Crippen LogP contribution in [-0.4, -0.2) is 30.3 Å². The molecule has 1 amide bonds. The van der Waals surface area contributed by atoms with E-state index in [0.29, 0.717) is 6.54 Å². The van der Waals surface area contributed by atoms with Crippen molar-refractivity contribution in [1.82, 2.24) is 10.6 Å². The Bertz CT molecular complexity index is 228. The summed E-state index contributed by atoms with van der Waals surface area (Å²) in [7, 11) is 0. The van der Waals surface area contributed by atoms with Crippen LogP contribution in [0.1, 0.15) is 33.1 Å². The molecule has 1 aliphatic rings. The first kappa shape index (κ1) is 11.2. The lowest BCUT2D eigenvalue weighted by molar-refractivity contribution is -0.130. The molecule has 1 rings (SSSR count). The van der Waals surface area contributed by atoms with E-state index in [1.165, 1.54) is 6.92 Å².